The second-order valence-electron chi connectivity index (χ2n) is 6.84. The van der Waals surface area contributed by atoms with Gasteiger partial charge in [0.1, 0.15) is 0 Å². The summed E-state index contributed by atoms with van der Waals surface area (Å²) in [5, 5.41) is 0. The number of esters is 1. The van der Waals surface area contributed by atoms with Crippen LogP contribution in [0.2, 0.25) is 0 Å². The van der Waals surface area contributed by atoms with Crippen LogP contribution in [0.3, 0.4) is 0 Å². The second kappa shape index (κ2) is 10.0. The van der Waals surface area contributed by atoms with Crippen molar-refractivity contribution in [1.82, 2.24) is 0 Å². The average Bonchev–Trinajstić information content (AvgIpc) is 2.46. The van der Waals surface area contributed by atoms with E-state index in [2.05, 4.69) is 25.5 Å². The van der Waals surface area contributed by atoms with Gasteiger partial charge in [-0.1, -0.05) is 5.57 Å². The van der Waals surface area contributed by atoms with E-state index in [0.717, 1.165) is 44.1 Å². The molecule has 130 valence electrons. The number of carbonyl (C=O) groups is 1. The highest BCUT2D eigenvalue weighted by Crippen LogP contribution is 2.28. The largest absolute Gasteiger partial charge is 0.466 e. The fraction of sp³-hybridized carbons (Fsp3) is 0.833. The van der Waals surface area contributed by atoms with Gasteiger partial charge in [0.15, 0.2) is 0 Å². The Kier molecular flexibility index (Phi) is 9.61. The van der Waals surface area contributed by atoms with Gasteiger partial charge in [-0.15, -0.1) is 0 Å². The van der Waals surface area contributed by atoms with Crippen LogP contribution in [0, 0.1) is 0 Å². The molecule has 0 N–H and O–H groups in total. The Labute approximate surface area is 136 Å². The number of carbonyl (C=O) groups excluding carboxylic acids is 1. The Balaban J connectivity index is 4.23. The van der Waals surface area contributed by atoms with Gasteiger partial charge < -0.3 is 14.2 Å². The molecule has 22 heavy (non-hydrogen) atoms. The summed E-state index contributed by atoms with van der Waals surface area (Å²) in [6.07, 6.45) is 7.52. The van der Waals surface area contributed by atoms with Crippen molar-refractivity contribution in [3.8, 4) is 0 Å². The quantitative estimate of drug-likeness (QED) is 0.422. The summed E-state index contributed by atoms with van der Waals surface area (Å²) in [5.74, 6) is -0.284. The van der Waals surface area contributed by atoms with E-state index in [1.54, 1.807) is 20.3 Å². The minimum absolute atomic E-state index is 0.0749. The Hall–Kier alpha value is -0.870. The van der Waals surface area contributed by atoms with E-state index in [1.165, 1.54) is 7.11 Å². The van der Waals surface area contributed by atoms with Gasteiger partial charge in [0.25, 0.3) is 0 Å². The molecular formula is C18H34O4. The molecule has 0 aromatic rings. The number of hydrogen-bond acceptors (Lipinski definition) is 4. The van der Waals surface area contributed by atoms with Crippen LogP contribution in [0.15, 0.2) is 11.6 Å². The number of methoxy groups -OCH3 is 3. The highest BCUT2D eigenvalue weighted by Gasteiger charge is 2.25. The first-order chi connectivity index (χ1) is 10.2. The van der Waals surface area contributed by atoms with Gasteiger partial charge in [0.05, 0.1) is 18.3 Å². The maximum atomic E-state index is 11.2. The van der Waals surface area contributed by atoms with E-state index in [1.807, 2.05) is 6.92 Å². The lowest BCUT2D eigenvalue weighted by Gasteiger charge is -2.30. The molecule has 0 saturated heterocycles. The second-order valence-corrected chi connectivity index (χ2v) is 6.84. The first-order valence-corrected chi connectivity index (χ1v) is 8.03. The number of hydrogen-bond donors (Lipinski definition) is 0. The zero-order valence-electron chi connectivity index (χ0n) is 15.5. The smallest absolute Gasteiger partial charge is 0.330 e. The maximum Gasteiger partial charge on any atom is 0.330 e. The van der Waals surface area contributed by atoms with Gasteiger partial charge in [0, 0.05) is 20.3 Å². The lowest BCUT2D eigenvalue weighted by Crippen LogP contribution is -2.29. The lowest BCUT2D eigenvalue weighted by molar-refractivity contribution is -0.134. The van der Waals surface area contributed by atoms with E-state index in [0.29, 0.717) is 0 Å². The predicted molar refractivity (Wildman–Crippen MR) is 90.0 cm³/mol. The van der Waals surface area contributed by atoms with Crippen molar-refractivity contribution in [2.45, 2.75) is 77.4 Å². The SMILES string of the molecule is COC(=O)C=C(C)CCCC(C)(CCCC(C)(C)OC)OC. The number of ether oxygens (including phenoxy) is 3. The monoisotopic (exact) mass is 314 g/mol. The normalized spacial score (nSPS) is 15.5. The highest BCUT2D eigenvalue weighted by molar-refractivity contribution is 5.82. The zero-order chi connectivity index (χ0) is 17.2. The van der Waals surface area contributed by atoms with E-state index in [9.17, 15) is 4.79 Å². The number of rotatable bonds is 11. The number of allylic oxidation sites excluding steroid dienone is 1. The summed E-state index contributed by atoms with van der Waals surface area (Å²) in [6.45, 7) is 8.34. The molecule has 0 heterocycles. The molecule has 0 aliphatic rings. The summed E-state index contributed by atoms with van der Waals surface area (Å²) in [6, 6.07) is 0. The molecule has 0 spiro atoms. The summed E-state index contributed by atoms with van der Waals surface area (Å²) in [4.78, 5) is 11.2. The third kappa shape index (κ3) is 9.21. The third-order valence-corrected chi connectivity index (χ3v) is 4.37. The van der Waals surface area contributed by atoms with Crippen LogP contribution in [0.4, 0.5) is 0 Å². The van der Waals surface area contributed by atoms with Crippen molar-refractivity contribution in [2.24, 2.45) is 0 Å². The van der Waals surface area contributed by atoms with E-state index in [-0.39, 0.29) is 17.2 Å². The van der Waals surface area contributed by atoms with E-state index in [4.69, 9.17) is 9.47 Å². The standard InChI is InChI=1S/C18H34O4/c1-15(14-16(19)20-5)10-8-12-18(4,22-7)13-9-11-17(2,3)21-6/h14H,8-13H2,1-7H3. The maximum absolute atomic E-state index is 11.2. The summed E-state index contributed by atoms with van der Waals surface area (Å²) >= 11 is 0. The molecule has 0 aliphatic carbocycles. The predicted octanol–water partition coefficient (Wildman–Crippen LogP) is 4.28. The summed E-state index contributed by atoms with van der Waals surface area (Å²) in [5.41, 5.74) is 0.856. The van der Waals surface area contributed by atoms with Crippen molar-refractivity contribution in [3.63, 3.8) is 0 Å². The molecular weight excluding hydrogens is 280 g/mol. The average molecular weight is 314 g/mol. The van der Waals surface area contributed by atoms with Crippen molar-refractivity contribution in [1.29, 1.82) is 0 Å². The Bertz CT molecular complexity index is 360. The Morgan fingerprint density at radius 1 is 0.955 bits per heavy atom. The van der Waals surface area contributed by atoms with Crippen LogP contribution in [-0.2, 0) is 19.0 Å². The van der Waals surface area contributed by atoms with Crippen LogP contribution < -0.4 is 0 Å². The van der Waals surface area contributed by atoms with Crippen LogP contribution >= 0.6 is 0 Å². The minimum Gasteiger partial charge on any atom is -0.466 e. The van der Waals surface area contributed by atoms with Crippen molar-refractivity contribution in [3.05, 3.63) is 11.6 Å². The first-order valence-electron chi connectivity index (χ1n) is 8.03. The fourth-order valence-electron chi connectivity index (χ4n) is 2.39. The van der Waals surface area contributed by atoms with Gasteiger partial charge in [-0.3, -0.25) is 0 Å². The molecule has 1 atom stereocenters. The zero-order valence-corrected chi connectivity index (χ0v) is 15.5. The molecule has 0 aromatic carbocycles. The van der Waals surface area contributed by atoms with Gasteiger partial charge in [-0.2, -0.15) is 0 Å². The van der Waals surface area contributed by atoms with Crippen molar-refractivity contribution in [2.75, 3.05) is 21.3 Å². The van der Waals surface area contributed by atoms with Crippen molar-refractivity contribution < 1.29 is 19.0 Å². The summed E-state index contributed by atoms with van der Waals surface area (Å²) in [7, 11) is 4.93. The van der Waals surface area contributed by atoms with Gasteiger partial charge in [0.2, 0.25) is 0 Å². The van der Waals surface area contributed by atoms with Crippen LogP contribution in [0.1, 0.15) is 66.2 Å². The van der Waals surface area contributed by atoms with Gasteiger partial charge in [-0.25, -0.2) is 4.79 Å². The van der Waals surface area contributed by atoms with Crippen LogP contribution in [0.25, 0.3) is 0 Å². The summed E-state index contributed by atoms with van der Waals surface area (Å²) < 4.78 is 15.8. The van der Waals surface area contributed by atoms with E-state index < -0.39 is 0 Å². The molecule has 0 fully saturated rings. The molecule has 1 unspecified atom stereocenters. The minimum atomic E-state index is -0.284. The van der Waals surface area contributed by atoms with Crippen LogP contribution in [0.5, 0.6) is 0 Å². The molecule has 0 amide bonds. The lowest BCUT2D eigenvalue weighted by atomic mass is 9.89. The molecule has 0 radical (unpaired) electrons. The molecule has 0 rings (SSSR count). The third-order valence-electron chi connectivity index (χ3n) is 4.37. The van der Waals surface area contributed by atoms with Crippen LogP contribution in [-0.4, -0.2) is 38.5 Å². The Morgan fingerprint density at radius 3 is 2.05 bits per heavy atom. The fourth-order valence-corrected chi connectivity index (χ4v) is 2.39. The molecule has 0 saturated carbocycles. The molecule has 4 heteroatoms. The van der Waals surface area contributed by atoms with Gasteiger partial charge in [-0.05, 0) is 66.2 Å². The van der Waals surface area contributed by atoms with E-state index >= 15 is 0 Å². The molecule has 0 aromatic heterocycles. The Morgan fingerprint density at radius 2 is 1.55 bits per heavy atom. The first kappa shape index (κ1) is 21.1. The molecule has 0 aliphatic heterocycles. The van der Waals surface area contributed by atoms with Gasteiger partial charge >= 0.3 is 5.97 Å². The molecule has 4 nitrogen and oxygen atoms in total. The van der Waals surface area contributed by atoms with Crippen molar-refractivity contribution >= 4 is 5.97 Å². The molecule has 0 bridgehead atoms. The topological polar surface area (TPSA) is 44.8 Å². The highest BCUT2D eigenvalue weighted by atomic mass is 16.5.